The van der Waals surface area contributed by atoms with Gasteiger partial charge in [0.15, 0.2) is 0 Å². The molecule has 7 nitrogen and oxygen atoms in total. The molecule has 2 amide bonds. The molecule has 0 aliphatic carbocycles. The molecule has 7 heteroatoms. The van der Waals surface area contributed by atoms with Crippen LogP contribution in [-0.4, -0.2) is 53.3 Å². The topological polar surface area (TPSA) is 91.1 Å². The fourth-order valence-corrected chi connectivity index (χ4v) is 2.61. The number of hydrogen-bond acceptors (Lipinski definition) is 4. The normalized spacial score (nSPS) is 18.4. The molecular weight excluding hydrogens is 288 g/mol. The Morgan fingerprint density at radius 1 is 1.50 bits per heavy atom. The first-order chi connectivity index (χ1) is 10.3. The number of carboxylic acids is 1. The van der Waals surface area contributed by atoms with Crippen LogP contribution in [0.3, 0.4) is 0 Å². The molecule has 0 aromatic carbocycles. The summed E-state index contributed by atoms with van der Waals surface area (Å²) in [5.41, 5.74) is 0.102. The summed E-state index contributed by atoms with van der Waals surface area (Å²) in [6, 6.07) is 1.43. The molecule has 2 rings (SSSR count). The van der Waals surface area contributed by atoms with Crippen LogP contribution in [0.1, 0.15) is 34.7 Å². The smallest absolute Gasteiger partial charge is 0.339 e. The predicted octanol–water partition coefficient (Wildman–Crippen LogP) is 1.11. The molecule has 0 radical (unpaired) electrons. The lowest BCUT2D eigenvalue weighted by atomic mass is 9.95. The lowest BCUT2D eigenvalue weighted by molar-refractivity contribution is -0.144. The molecule has 1 aliphatic rings. The minimum Gasteiger partial charge on any atom is -0.478 e. The van der Waals surface area contributed by atoms with Gasteiger partial charge in [0.1, 0.15) is 17.1 Å². The summed E-state index contributed by atoms with van der Waals surface area (Å²) in [5.74, 6) is -0.777. The van der Waals surface area contributed by atoms with Gasteiger partial charge in [0.05, 0.1) is 6.54 Å². The van der Waals surface area contributed by atoms with E-state index in [2.05, 4.69) is 0 Å². The van der Waals surface area contributed by atoms with Gasteiger partial charge in [-0.3, -0.25) is 9.59 Å². The number of likely N-dealkylation sites (tertiary alicyclic amines) is 1. The summed E-state index contributed by atoms with van der Waals surface area (Å²) in [4.78, 5) is 38.2. The summed E-state index contributed by atoms with van der Waals surface area (Å²) >= 11 is 0. The lowest BCUT2D eigenvalue weighted by Crippen LogP contribution is -2.42. The first-order valence-corrected chi connectivity index (χ1v) is 7.11. The van der Waals surface area contributed by atoms with Crippen molar-refractivity contribution in [3.63, 3.8) is 0 Å². The monoisotopic (exact) mass is 308 g/mol. The van der Waals surface area contributed by atoms with Crippen molar-refractivity contribution in [3.8, 4) is 0 Å². The van der Waals surface area contributed by atoms with Gasteiger partial charge in [-0.25, -0.2) is 4.79 Å². The van der Waals surface area contributed by atoms with Crippen LogP contribution in [0.2, 0.25) is 0 Å². The van der Waals surface area contributed by atoms with Crippen molar-refractivity contribution in [2.45, 2.75) is 26.3 Å². The second-order valence-corrected chi connectivity index (χ2v) is 5.69. The summed E-state index contributed by atoms with van der Waals surface area (Å²) in [6.45, 7) is 2.34. The largest absolute Gasteiger partial charge is 0.478 e. The molecule has 1 fully saturated rings. The van der Waals surface area contributed by atoms with E-state index in [1.165, 1.54) is 11.0 Å². The van der Waals surface area contributed by atoms with Crippen molar-refractivity contribution in [3.05, 3.63) is 23.2 Å². The van der Waals surface area contributed by atoms with Crippen molar-refractivity contribution in [1.29, 1.82) is 0 Å². The SMILES string of the molecule is Cc1oc(CN(C)C(=O)[C@@H]2CCN(C)C(=O)C2)cc1C(=O)O. The highest BCUT2D eigenvalue weighted by molar-refractivity contribution is 5.89. The van der Waals surface area contributed by atoms with E-state index in [1.807, 2.05) is 0 Å². The highest BCUT2D eigenvalue weighted by atomic mass is 16.4. The minimum atomic E-state index is -1.05. The fraction of sp³-hybridized carbons (Fsp3) is 0.533. The Balaban J connectivity index is 2.01. The molecule has 1 aromatic heterocycles. The van der Waals surface area contributed by atoms with Crippen molar-refractivity contribution < 1.29 is 23.9 Å². The highest BCUT2D eigenvalue weighted by Crippen LogP contribution is 2.21. The zero-order valence-corrected chi connectivity index (χ0v) is 13.0. The predicted molar refractivity (Wildman–Crippen MR) is 77.2 cm³/mol. The average molecular weight is 308 g/mol. The molecule has 1 N–H and O–H groups in total. The number of hydrogen-bond donors (Lipinski definition) is 1. The van der Waals surface area contributed by atoms with Crippen LogP contribution >= 0.6 is 0 Å². The molecular formula is C15H20N2O5. The number of aryl methyl sites for hydroxylation is 1. The second kappa shape index (κ2) is 6.21. The molecule has 22 heavy (non-hydrogen) atoms. The third kappa shape index (κ3) is 3.29. The van der Waals surface area contributed by atoms with Gasteiger partial charge in [-0.1, -0.05) is 0 Å². The van der Waals surface area contributed by atoms with E-state index in [0.29, 0.717) is 24.5 Å². The number of aromatic carboxylic acids is 1. The van der Waals surface area contributed by atoms with Gasteiger partial charge < -0.3 is 19.3 Å². The van der Waals surface area contributed by atoms with Crippen LogP contribution in [0.4, 0.5) is 0 Å². The summed E-state index contributed by atoms with van der Waals surface area (Å²) in [6.07, 6.45) is 0.861. The molecule has 0 saturated carbocycles. The third-order valence-corrected chi connectivity index (χ3v) is 3.98. The van der Waals surface area contributed by atoms with Gasteiger partial charge in [0.2, 0.25) is 11.8 Å². The van der Waals surface area contributed by atoms with Crippen LogP contribution in [0.5, 0.6) is 0 Å². The maximum atomic E-state index is 12.4. The molecule has 2 heterocycles. The Morgan fingerprint density at radius 2 is 2.18 bits per heavy atom. The first kappa shape index (κ1) is 16.1. The molecule has 0 unspecified atom stereocenters. The molecule has 1 aliphatic heterocycles. The number of carbonyl (C=O) groups is 3. The number of rotatable bonds is 4. The zero-order valence-electron chi connectivity index (χ0n) is 13.0. The number of furan rings is 1. The van der Waals surface area contributed by atoms with E-state index in [9.17, 15) is 14.4 Å². The average Bonchev–Trinajstić information content (AvgIpc) is 2.82. The summed E-state index contributed by atoms with van der Waals surface area (Å²) < 4.78 is 5.37. The standard InChI is InChI=1S/C15H20N2O5/c1-9-12(15(20)21)7-11(22-9)8-17(3)14(19)10-4-5-16(2)13(18)6-10/h7,10H,4-6,8H2,1-3H3,(H,20,21)/t10-/m1/s1. The molecule has 0 spiro atoms. The number of carbonyl (C=O) groups excluding carboxylic acids is 2. The fourth-order valence-electron chi connectivity index (χ4n) is 2.61. The summed E-state index contributed by atoms with van der Waals surface area (Å²) in [7, 11) is 3.36. The first-order valence-electron chi connectivity index (χ1n) is 7.11. The molecule has 120 valence electrons. The molecule has 1 saturated heterocycles. The van der Waals surface area contributed by atoms with Crippen molar-refractivity contribution in [2.24, 2.45) is 5.92 Å². The van der Waals surface area contributed by atoms with Gasteiger partial charge in [-0.2, -0.15) is 0 Å². The van der Waals surface area contributed by atoms with Gasteiger partial charge in [0, 0.05) is 33.0 Å². The van der Waals surface area contributed by atoms with E-state index in [1.54, 1.807) is 25.9 Å². The van der Waals surface area contributed by atoms with Crippen LogP contribution in [-0.2, 0) is 16.1 Å². The molecule has 1 aromatic rings. The molecule has 1 atom stereocenters. The lowest BCUT2D eigenvalue weighted by Gasteiger charge is -2.30. The minimum absolute atomic E-state index is 0.0278. The zero-order chi connectivity index (χ0) is 16.4. The van der Waals surface area contributed by atoms with E-state index in [0.717, 1.165) is 0 Å². The van der Waals surface area contributed by atoms with Gasteiger partial charge in [-0.15, -0.1) is 0 Å². The highest BCUT2D eigenvalue weighted by Gasteiger charge is 2.30. The number of nitrogens with zero attached hydrogens (tertiary/aromatic N) is 2. The summed E-state index contributed by atoms with van der Waals surface area (Å²) in [5, 5.41) is 9.00. The van der Waals surface area contributed by atoms with E-state index in [4.69, 9.17) is 9.52 Å². The maximum absolute atomic E-state index is 12.4. The Kier molecular flexibility index (Phi) is 4.54. The van der Waals surface area contributed by atoms with E-state index >= 15 is 0 Å². The Labute approximate surface area is 128 Å². The second-order valence-electron chi connectivity index (χ2n) is 5.69. The number of amides is 2. The Morgan fingerprint density at radius 3 is 2.73 bits per heavy atom. The third-order valence-electron chi connectivity index (χ3n) is 3.98. The van der Waals surface area contributed by atoms with Crippen LogP contribution in [0, 0.1) is 12.8 Å². The van der Waals surface area contributed by atoms with E-state index < -0.39 is 5.97 Å². The van der Waals surface area contributed by atoms with Crippen molar-refractivity contribution >= 4 is 17.8 Å². The van der Waals surface area contributed by atoms with Gasteiger partial charge in [-0.05, 0) is 19.4 Å². The van der Waals surface area contributed by atoms with Crippen LogP contribution in [0.25, 0.3) is 0 Å². The van der Waals surface area contributed by atoms with Gasteiger partial charge >= 0.3 is 5.97 Å². The van der Waals surface area contributed by atoms with Crippen LogP contribution in [0.15, 0.2) is 10.5 Å². The van der Waals surface area contributed by atoms with Gasteiger partial charge in [0.25, 0.3) is 0 Å². The Bertz CT molecular complexity index is 607. The Hall–Kier alpha value is -2.31. The van der Waals surface area contributed by atoms with E-state index in [-0.39, 0.29) is 36.3 Å². The maximum Gasteiger partial charge on any atom is 0.339 e. The van der Waals surface area contributed by atoms with Crippen LogP contribution < -0.4 is 0 Å². The molecule has 0 bridgehead atoms. The van der Waals surface area contributed by atoms with Crippen molar-refractivity contribution in [2.75, 3.05) is 20.6 Å². The van der Waals surface area contributed by atoms with Crippen molar-refractivity contribution in [1.82, 2.24) is 9.80 Å². The number of carboxylic acid groups (broad SMARTS) is 1. The quantitative estimate of drug-likeness (QED) is 0.900. The number of piperidine rings is 1.